The summed E-state index contributed by atoms with van der Waals surface area (Å²) >= 11 is 11.5. The second-order valence-electron chi connectivity index (χ2n) is 3.98. The molecule has 0 heterocycles. The van der Waals surface area contributed by atoms with E-state index in [1.54, 1.807) is 0 Å². The molecule has 0 aromatic carbocycles. The minimum absolute atomic E-state index is 0.106. The number of hydrogen-bond donors (Lipinski definition) is 3. The zero-order valence-corrected chi connectivity index (χ0v) is 12.7. The summed E-state index contributed by atoms with van der Waals surface area (Å²) in [5, 5.41) is 4.89. The first kappa shape index (κ1) is 17.7. The van der Waals surface area contributed by atoms with Crippen molar-refractivity contribution in [3.8, 4) is 0 Å². The van der Waals surface area contributed by atoms with Crippen LogP contribution in [-0.2, 0) is 4.57 Å². The Kier molecular flexibility index (Phi) is 11.0. The molecule has 104 valence electrons. The largest absolute Gasteiger partial charge is 0.338 e. The van der Waals surface area contributed by atoms with Crippen molar-refractivity contribution in [2.45, 2.75) is 44.4 Å². The number of hydrogen-bond acceptors (Lipinski definition) is 1. The zero-order valence-electron chi connectivity index (χ0n) is 10.3. The maximum absolute atomic E-state index is 11.5. The Balaban J connectivity index is 3.60. The van der Waals surface area contributed by atoms with E-state index in [4.69, 9.17) is 23.2 Å². The van der Waals surface area contributed by atoms with E-state index in [2.05, 4.69) is 17.1 Å². The number of alkyl halides is 2. The van der Waals surface area contributed by atoms with E-state index in [1.165, 1.54) is 19.3 Å². The minimum atomic E-state index is -3.48. The van der Waals surface area contributed by atoms with Gasteiger partial charge < -0.3 is 4.89 Å². The van der Waals surface area contributed by atoms with E-state index in [1.807, 2.05) is 0 Å². The Labute approximate surface area is 114 Å². The fourth-order valence-corrected chi connectivity index (χ4v) is 2.93. The Hall–Kier alpha value is 0.690. The van der Waals surface area contributed by atoms with Crippen molar-refractivity contribution in [1.29, 1.82) is 0 Å². The number of unbranched alkanes of at least 4 members (excludes halogenated alkanes) is 3. The van der Waals surface area contributed by atoms with E-state index in [-0.39, 0.29) is 5.38 Å². The van der Waals surface area contributed by atoms with Gasteiger partial charge in [-0.1, -0.05) is 32.6 Å². The predicted octanol–water partition coefficient (Wildman–Crippen LogP) is 3.08. The third kappa shape index (κ3) is 11.5. The molecule has 0 aliphatic carbocycles. The smallest absolute Gasteiger partial charge is 0.322 e. The van der Waals surface area contributed by atoms with Crippen LogP contribution < -0.4 is 10.2 Å². The molecule has 0 aliphatic heterocycles. The van der Waals surface area contributed by atoms with E-state index in [0.717, 1.165) is 12.8 Å². The maximum Gasteiger partial charge on any atom is 0.338 e. The lowest BCUT2D eigenvalue weighted by Gasteiger charge is -2.16. The summed E-state index contributed by atoms with van der Waals surface area (Å²) in [7, 11) is -3.48. The highest BCUT2D eigenvalue weighted by atomic mass is 35.5. The molecular weight excluding hydrogens is 282 g/mol. The van der Waals surface area contributed by atoms with Gasteiger partial charge in [0.2, 0.25) is 0 Å². The summed E-state index contributed by atoms with van der Waals surface area (Å²) < 4.78 is 11.5. The van der Waals surface area contributed by atoms with Crippen molar-refractivity contribution in [3.63, 3.8) is 0 Å². The Morgan fingerprint density at radius 1 is 1.29 bits per heavy atom. The van der Waals surface area contributed by atoms with Crippen LogP contribution in [0, 0.1) is 0 Å². The molecule has 2 unspecified atom stereocenters. The van der Waals surface area contributed by atoms with Gasteiger partial charge in [-0.15, -0.1) is 23.2 Å². The molecule has 0 amide bonds. The summed E-state index contributed by atoms with van der Waals surface area (Å²) in [6, 6.07) is 0. The fourth-order valence-electron chi connectivity index (χ4n) is 1.37. The molecule has 2 atom stereocenters. The van der Waals surface area contributed by atoms with Crippen LogP contribution in [0.5, 0.6) is 0 Å². The molecule has 7 heteroatoms. The van der Waals surface area contributed by atoms with Gasteiger partial charge in [0, 0.05) is 24.3 Å². The molecule has 0 bridgehead atoms. The Morgan fingerprint density at radius 2 is 2.00 bits per heavy atom. The van der Waals surface area contributed by atoms with Crippen molar-refractivity contribution in [2.24, 2.45) is 0 Å². The van der Waals surface area contributed by atoms with Crippen molar-refractivity contribution in [1.82, 2.24) is 10.2 Å². The molecule has 0 saturated carbocycles. The minimum Gasteiger partial charge on any atom is -0.322 e. The monoisotopic (exact) mass is 304 g/mol. The van der Waals surface area contributed by atoms with E-state index in [9.17, 15) is 9.46 Å². The van der Waals surface area contributed by atoms with Crippen LogP contribution in [-0.4, -0.2) is 29.2 Å². The number of rotatable bonds is 11. The molecule has 4 nitrogen and oxygen atoms in total. The van der Waals surface area contributed by atoms with Crippen molar-refractivity contribution >= 4 is 30.9 Å². The standard InChI is InChI=1S/C10H23Cl2N2O2P/c1-2-3-4-5-6-10(12)9-14-17(15,16)13-8-7-11/h10H,2-9H2,1H3,(H3,13,14,15,16). The molecule has 0 saturated heterocycles. The highest BCUT2D eigenvalue weighted by molar-refractivity contribution is 7.53. The summed E-state index contributed by atoms with van der Waals surface area (Å²) in [4.78, 5) is 9.42. The lowest BCUT2D eigenvalue weighted by atomic mass is 10.1. The van der Waals surface area contributed by atoms with Crippen LogP contribution in [0.2, 0.25) is 0 Å². The fraction of sp³-hybridized carbons (Fsp3) is 1.00. The molecule has 0 rings (SSSR count). The van der Waals surface area contributed by atoms with Gasteiger partial charge >= 0.3 is 7.67 Å². The lowest BCUT2D eigenvalue weighted by molar-refractivity contribution is 0.447. The third-order valence-electron chi connectivity index (χ3n) is 2.32. The molecular formula is C10H23Cl2N2O2P. The quantitative estimate of drug-likeness (QED) is 0.312. The third-order valence-corrected chi connectivity index (χ3v) is 4.14. The Morgan fingerprint density at radius 3 is 2.59 bits per heavy atom. The van der Waals surface area contributed by atoms with Crippen LogP contribution in [0.25, 0.3) is 0 Å². The number of nitrogens with one attached hydrogen (secondary N) is 2. The van der Waals surface area contributed by atoms with Gasteiger partial charge in [0.05, 0.1) is 0 Å². The molecule has 0 radical (unpaired) electrons. The van der Waals surface area contributed by atoms with Gasteiger partial charge in [-0.25, -0.2) is 10.2 Å². The number of halogens is 2. The van der Waals surface area contributed by atoms with Crippen LogP contribution in [0.15, 0.2) is 0 Å². The van der Waals surface area contributed by atoms with Crippen LogP contribution in [0.4, 0.5) is 0 Å². The molecule has 17 heavy (non-hydrogen) atoms. The first-order valence-corrected chi connectivity index (χ1v) is 8.68. The van der Waals surface area contributed by atoms with Crippen LogP contribution >= 0.6 is 30.9 Å². The highest BCUT2D eigenvalue weighted by Gasteiger charge is 2.17. The van der Waals surface area contributed by atoms with E-state index >= 15 is 0 Å². The topological polar surface area (TPSA) is 61.4 Å². The van der Waals surface area contributed by atoms with Gasteiger partial charge in [0.1, 0.15) is 0 Å². The van der Waals surface area contributed by atoms with Crippen LogP contribution in [0.3, 0.4) is 0 Å². The first-order chi connectivity index (χ1) is 8.02. The first-order valence-electron chi connectivity index (χ1n) is 6.05. The zero-order chi connectivity index (χ0) is 13.1. The Bertz CT molecular complexity index is 232. The van der Waals surface area contributed by atoms with Crippen molar-refractivity contribution in [2.75, 3.05) is 19.0 Å². The van der Waals surface area contributed by atoms with Gasteiger partial charge in [-0.2, -0.15) is 0 Å². The summed E-state index contributed by atoms with van der Waals surface area (Å²) in [5.41, 5.74) is 0. The van der Waals surface area contributed by atoms with Gasteiger partial charge in [0.25, 0.3) is 0 Å². The predicted molar refractivity (Wildman–Crippen MR) is 75.0 cm³/mol. The average molecular weight is 305 g/mol. The molecule has 0 spiro atoms. The molecule has 0 aromatic heterocycles. The van der Waals surface area contributed by atoms with Crippen LogP contribution in [0.1, 0.15) is 39.0 Å². The van der Waals surface area contributed by atoms with Crippen molar-refractivity contribution < 1.29 is 9.46 Å². The van der Waals surface area contributed by atoms with E-state index < -0.39 is 7.67 Å². The van der Waals surface area contributed by atoms with Gasteiger partial charge in [0.15, 0.2) is 0 Å². The molecule has 3 N–H and O–H groups in total. The summed E-state index contributed by atoms with van der Waals surface area (Å²) in [6.07, 6.45) is 5.51. The summed E-state index contributed by atoms with van der Waals surface area (Å²) in [6.45, 7) is 2.78. The molecule has 0 aromatic rings. The lowest BCUT2D eigenvalue weighted by Crippen LogP contribution is -2.28. The highest BCUT2D eigenvalue weighted by Crippen LogP contribution is 2.29. The summed E-state index contributed by atoms with van der Waals surface area (Å²) in [5.74, 6) is 0.299. The SMILES string of the molecule is CCCCCCC(Cl)CNP(=O)(O)NCCCl. The normalized spacial score (nSPS) is 16.7. The second-order valence-corrected chi connectivity index (χ2v) is 6.76. The maximum atomic E-state index is 11.5. The second kappa shape index (κ2) is 10.6. The van der Waals surface area contributed by atoms with Gasteiger partial charge in [-0.3, -0.25) is 4.57 Å². The average Bonchev–Trinajstić information content (AvgIpc) is 2.30. The molecule has 0 fully saturated rings. The van der Waals surface area contributed by atoms with Gasteiger partial charge in [-0.05, 0) is 6.42 Å². The van der Waals surface area contributed by atoms with Crippen molar-refractivity contribution in [3.05, 3.63) is 0 Å². The molecule has 0 aliphatic rings. The van der Waals surface area contributed by atoms with E-state index in [0.29, 0.717) is 19.0 Å².